The minimum Gasteiger partial charge on any atom is -0.495 e. The van der Waals surface area contributed by atoms with Gasteiger partial charge in [-0.1, -0.05) is 0 Å². The fourth-order valence-corrected chi connectivity index (χ4v) is 3.34. The summed E-state index contributed by atoms with van der Waals surface area (Å²) in [4.78, 5) is 17.4. The van der Waals surface area contributed by atoms with Crippen LogP contribution < -0.4 is 4.74 Å². The Labute approximate surface area is 122 Å². The highest BCUT2D eigenvalue weighted by atomic mass is 35.5. The third-order valence-corrected chi connectivity index (χ3v) is 4.37. The molecule has 0 unspecified atom stereocenters. The Morgan fingerprint density at radius 2 is 2.26 bits per heavy atom. The number of rotatable bonds is 4. The number of thiophene rings is 1. The number of hydrogen-bond acceptors (Lipinski definition) is 4. The number of methoxy groups -OCH3 is 1. The van der Waals surface area contributed by atoms with Crippen molar-refractivity contribution in [3.8, 4) is 5.75 Å². The maximum atomic E-state index is 12.5. The fraction of sp³-hybridized carbons (Fsp3) is 0.615. The highest BCUT2D eigenvalue weighted by Gasteiger charge is 2.23. The first-order valence-electron chi connectivity index (χ1n) is 6.45. The van der Waals surface area contributed by atoms with E-state index in [1.807, 2.05) is 16.3 Å². The van der Waals surface area contributed by atoms with Gasteiger partial charge in [0.15, 0.2) is 0 Å². The monoisotopic (exact) mass is 302 g/mol. The van der Waals surface area contributed by atoms with Gasteiger partial charge in [0, 0.05) is 32.1 Å². The van der Waals surface area contributed by atoms with Crippen LogP contribution in [0.5, 0.6) is 5.75 Å². The van der Waals surface area contributed by atoms with Gasteiger partial charge in [-0.3, -0.25) is 4.79 Å². The number of amides is 1. The average Bonchev–Trinajstić information content (AvgIpc) is 2.78. The maximum Gasteiger partial charge on any atom is 0.267 e. The molecule has 19 heavy (non-hydrogen) atoms. The lowest BCUT2D eigenvalue weighted by Crippen LogP contribution is -2.35. The number of nitrogens with zero attached hydrogens (tertiary/aromatic N) is 2. The van der Waals surface area contributed by atoms with Gasteiger partial charge in [0.25, 0.3) is 5.91 Å². The average molecular weight is 303 g/mol. The van der Waals surface area contributed by atoms with Crippen molar-refractivity contribution in [1.82, 2.24) is 9.80 Å². The number of carbonyl (C=O) groups is 1. The Morgan fingerprint density at radius 3 is 3.00 bits per heavy atom. The molecule has 1 amide bonds. The number of alkyl halides is 1. The topological polar surface area (TPSA) is 32.8 Å². The molecule has 2 rings (SSSR count). The largest absolute Gasteiger partial charge is 0.495 e. The lowest BCUT2D eigenvalue weighted by Gasteiger charge is -2.21. The molecule has 0 bridgehead atoms. The van der Waals surface area contributed by atoms with Crippen molar-refractivity contribution in [3.63, 3.8) is 0 Å². The zero-order valence-electron chi connectivity index (χ0n) is 11.1. The van der Waals surface area contributed by atoms with Crippen molar-refractivity contribution < 1.29 is 9.53 Å². The van der Waals surface area contributed by atoms with Gasteiger partial charge in [0.05, 0.1) is 7.11 Å². The molecule has 106 valence electrons. The van der Waals surface area contributed by atoms with Gasteiger partial charge in [-0.05, 0) is 24.4 Å². The molecule has 6 heteroatoms. The van der Waals surface area contributed by atoms with Gasteiger partial charge in [-0.2, -0.15) is 0 Å². The summed E-state index contributed by atoms with van der Waals surface area (Å²) < 4.78 is 5.22. The summed E-state index contributed by atoms with van der Waals surface area (Å²) in [6.45, 7) is 4.37. The van der Waals surface area contributed by atoms with Crippen LogP contribution in [0.25, 0.3) is 0 Å². The molecule has 1 saturated heterocycles. The molecule has 1 aromatic heterocycles. The Hall–Kier alpha value is -0.780. The molecule has 4 nitrogen and oxygen atoms in total. The van der Waals surface area contributed by atoms with Crippen LogP contribution in [0.15, 0.2) is 11.4 Å². The number of hydrogen-bond donors (Lipinski definition) is 0. The smallest absolute Gasteiger partial charge is 0.267 e. The number of halogens is 1. The third kappa shape index (κ3) is 3.61. The SMILES string of the molecule is COc1ccsc1C(=O)N1CCCN(CCCl)CC1. The molecular formula is C13H19ClN2O2S. The van der Waals surface area contributed by atoms with Crippen LogP contribution in [0.3, 0.4) is 0 Å². The van der Waals surface area contributed by atoms with E-state index in [0.29, 0.717) is 16.5 Å². The van der Waals surface area contributed by atoms with Crippen LogP contribution in [0, 0.1) is 0 Å². The van der Waals surface area contributed by atoms with E-state index in [4.69, 9.17) is 16.3 Å². The van der Waals surface area contributed by atoms with Crippen LogP contribution in [-0.4, -0.2) is 61.4 Å². The minimum atomic E-state index is 0.0829. The van der Waals surface area contributed by atoms with Crippen molar-refractivity contribution in [1.29, 1.82) is 0 Å². The lowest BCUT2D eigenvalue weighted by molar-refractivity contribution is 0.0763. The zero-order valence-corrected chi connectivity index (χ0v) is 12.7. The molecule has 1 aliphatic heterocycles. The Balaban J connectivity index is 2.00. The summed E-state index contributed by atoms with van der Waals surface area (Å²) in [7, 11) is 1.60. The normalized spacial score (nSPS) is 17.3. The summed E-state index contributed by atoms with van der Waals surface area (Å²) >= 11 is 7.21. The van der Waals surface area contributed by atoms with Crippen LogP contribution in [0.1, 0.15) is 16.1 Å². The summed E-state index contributed by atoms with van der Waals surface area (Å²) in [6, 6.07) is 1.84. The lowest BCUT2D eigenvalue weighted by atomic mass is 10.3. The van der Waals surface area contributed by atoms with Crippen LogP contribution in [0.4, 0.5) is 0 Å². The third-order valence-electron chi connectivity index (χ3n) is 3.32. The maximum absolute atomic E-state index is 12.5. The van der Waals surface area contributed by atoms with Gasteiger partial charge in [-0.25, -0.2) is 0 Å². The second-order valence-corrected chi connectivity index (χ2v) is 5.79. The standard InChI is InChI=1S/C13H19ClN2O2S/c1-18-11-3-10-19-12(11)13(17)16-6-2-5-15(7-4-14)8-9-16/h3,10H,2,4-9H2,1H3. The van der Waals surface area contributed by atoms with E-state index in [1.165, 1.54) is 11.3 Å². The molecule has 0 spiro atoms. The first-order chi connectivity index (χ1) is 9.26. The molecule has 0 radical (unpaired) electrons. The first-order valence-corrected chi connectivity index (χ1v) is 7.86. The van der Waals surface area contributed by atoms with E-state index in [2.05, 4.69) is 4.90 Å². The van der Waals surface area contributed by atoms with Crippen molar-refractivity contribution in [2.45, 2.75) is 6.42 Å². The van der Waals surface area contributed by atoms with E-state index in [1.54, 1.807) is 7.11 Å². The Morgan fingerprint density at radius 1 is 1.42 bits per heavy atom. The fourth-order valence-electron chi connectivity index (χ4n) is 2.27. The summed E-state index contributed by atoms with van der Waals surface area (Å²) in [5.74, 6) is 1.41. The zero-order chi connectivity index (χ0) is 13.7. The molecule has 0 aromatic carbocycles. The van der Waals surface area contributed by atoms with Gasteiger partial charge in [0.2, 0.25) is 0 Å². The van der Waals surface area contributed by atoms with Gasteiger partial charge in [-0.15, -0.1) is 22.9 Å². The van der Waals surface area contributed by atoms with E-state index in [9.17, 15) is 4.79 Å². The molecule has 1 aromatic rings. The van der Waals surface area contributed by atoms with Crippen molar-refractivity contribution in [3.05, 3.63) is 16.3 Å². The van der Waals surface area contributed by atoms with Crippen LogP contribution in [-0.2, 0) is 0 Å². The van der Waals surface area contributed by atoms with Crippen LogP contribution in [0.2, 0.25) is 0 Å². The molecule has 1 fully saturated rings. The first kappa shape index (κ1) is 14.6. The predicted molar refractivity (Wildman–Crippen MR) is 78.6 cm³/mol. The quantitative estimate of drug-likeness (QED) is 0.799. The second kappa shape index (κ2) is 7.12. The van der Waals surface area contributed by atoms with E-state index in [0.717, 1.165) is 39.1 Å². The van der Waals surface area contributed by atoms with E-state index >= 15 is 0 Å². The van der Waals surface area contributed by atoms with Crippen molar-refractivity contribution >= 4 is 28.8 Å². The predicted octanol–water partition coefficient (Wildman–Crippen LogP) is 2.14. The highest BCUT2D eigenvalue weighted by molar-refractivity contribution is 7.12. The van der Waals surface area contributed by atoms with Crippen molar-refractivity contribution in [2.75, 3.05) is 45.7 Å². The molecule has 0 saturated carbocycles. The number of ether oxygens (including phenoxy) is 1. The highest BCUT2D eigenvalue weighted by Crippen LogP contribution is 2.26. The Bertz CT molecular complexity index is 425. The minimum absolute atomic E-state index is 0.0829. The van der Waals surface area contributed by atoms with Crippen molar-refractivity contribution in [2.24, 2.45) is 0 Å². The van der Waals surface area contributed by atoms with E-state index in [-0.39, 0.29) is 5.91 Å². The van der Waals surface area contributed by atoms with Gasteiger partial charge in [0.1, 0.15) is 10.6 Å². The van der Waals surface area contributed by atoms with E-state index < -0.39 is 0 Å². The molecule has 1 aliphatic rings. The van der Waals surface area contributed by atoms with Gasteiger partial charge < -0.3 is 14.5 Å². The summed E-state index contributed by atoms with van der Waals surface area (Å²) in [5.41, 5.74) is 0. The molecule has 0 N–H and O–H groups in total. The van der Waals surface area contributed by atoms with Crippen LogP contribution >= 0.6 is 22.9 Å². The summed E-state index contributed by atoms with van der Waals surface area (Å²) in [6.07, 6.45) is 0.996. The Kier molecular flexibility index (Phi) is 5.48. The number of carbonyl (C=O) groups excluding carboxylic acids is 1. The van der Waals surface area contributed by atoms with Gasteiger partial charge >= 0.3 is 0 Å². The molecule has 0 atom stereocenters. The summed E-state index contributed by atoms with van der Waals surface area (Å²) in [5, 5.41) is 1.89. The molecular weight excluding hydrogens is 284 g/mol. The second-order valence-electron chi connectivity index (χ2n) is 4.49. The molecule has 0 aliphatic carbocycles. The molecule has 2 heterocycles.